The van der Waals surface area contributed by atoms with Gasteiger partial charge in [0, 0.05) is 16.3 Å². The van der Waals surface area contributed by atoms with Crippen LogP contribution in [-0.2, 0) is 0 Å². The molecule has 132 valence electrons. The van der Waals surface area contributed by atoms with E-state index in [1.54, 1.807) is 18.2 Å². The molecule has 0 spiro atoms. The average Bonchev–Trinajstić information content (AvgIpc) is 2.71. The molecule has 0 fully saturated rings. The minimum Gasteiger partial charge on any atom is -0.425 e. The normalized spacial score (nSPS) is 11.0. The van der Waals surface area contributed by atoms with Crippen LogP contribution in [0, 0.1) is 18.3 Å². The highest BCUT2D eigenvalue weighted by Gasteiger charge is 2.21. The maximum Gasteiger partial charge on any atom is 0.293 e. The number of benzene rings is 2. The molecule has 0 atom stereocenters. The second-order valence-electron chi connectivity index (χ2n) is 6.21. The Morgan fingerprint density at radius 1 is 1.11 bits per heavy atom. The van der Waals surface area contributed by atoms with E-state index in [1.165, 1.54) is 11.8 Å². The Labute approximate surface area is 159 Å². The molecule has 2 heterocycles. The van der Waals surface area contributed by atoms with E-state index in [1.807, 2.05) is 43.5 Å². The molecule has 0 saturated heterocycles. The number of rotatable bonds is 2. The fourth-order valence-corrected chi connectivity index (χ4v) is 3.83. The standard InChI is InChI=1S/C21H15N3O2S/c1-12-7-9-13(10-8-12)19-18-17(15(11-22)20(23-19)27-2)14-5-3-4-6-16(14)24(26)21(18)25/h3-10,26H,1-2H3. The van der Waals surface area contributed by atoms with Crippen LogP contribution in [0.5, 0.6) is 0 Å². The molecule has 6 heteroatoms. The molecule has 5 nitrogen and oxygen atoms in total. The van der Waals surface area contributed by atoms with Gasteiger partial charge < -0.3 is 5.21 Å². The summed E-state index contributed by atoms with van der Waals surface area (Å²) in [6, 6.07) is 16.9. The second-order valence-corrected chi connectivity index (χ2v) is 7.00. The van der Waals surface area contributed by atoms with Crippen LogP contribution < -0.4 is 5.56 Å². The van der Waals surface area contributed by atoms with Gasteiger partial charge in [-0.15, -0.1) is 16.5 Å². The van der Waals surface area contributed by atoms with Crippen LogP contribution in [0.25, 0.3) is 32.9 Å². The van der Waals surface area contributed by atoms with Gasteiger partial charge in [-0.1, -0.05) is 48.0 Å². The summed E-state index contributed by atoms with van der Waals surface area (Å²) in [7, 11) is 0. The van der Waals surface area contributed by atoms with E-state index in [-0.39, 0.29) is 5.39 Å². The molecular formula is C21H15N3O2S. The van der Waals surface area contributed by atoms with Crippen molar-refractivity contribution in [2.45, 2.75) is 11.9 Å². The van der Waals surface area contributed by atoms with E-state index in [9.17, 15) is 15.3 Å². The van der Waals surface area contributed by atoms with Crippen molar-refractivity contribution in [1.82, 2.24) is 9.71 Å². The monoisotopic (exact) mass is 373 g/mol. The molecule has 27 heavy (non-hydrogen) atoms. The Balaban J connectivity index is 2.32. The maximum absolute atomic E-state index is 13.0. The number of hydrogen-bond acceptors (Lipinski definition) is 5. The van der Waals surface area contributed by atoms with Crippen molar-refractivity contribution in [3.63, 3.8) is 0 Å². The summed E-state index contributed by atoms with van der Waals surface area (Å²) >= 11 is 1.36. The van der Waals surface area contributed by atoms with Gasteiger partial charge in [0.15, 0.2) is 0 Å². The molecule has 0 aliphatic rings. The number of pyridine rings is 2. The minimum atomic E-state index is -0.587. The summed E-state index contributed by atoms with van der Waals surface area (Å²) in [5, 5.41) is 22.2. The molecule has 2 aromatic heterocycles. The Morgan fingerprint density at radius 3 is 2.48 bits per heavy atom. The Kier molecular flexibility index (Phi) is 4.09. The van der Waals surface area contributed by atoms with Crippen molar-refractivity contribution >= 4 is 33.4 Å². The van der Waals surface area contributed by atoms with Crippen molar-refractivity contribution in [3.8, 4) is 17.3 Å². The van der Waals surface area contributed by atoms with Gasteiger partial charge in [-0.05, 0) is 19.2 Å². The number of nitriles is 1. The van der Waals surface area contributed by atoms with E-state index < -0.39 is 5.56 Å². The van der Waals surface area contributed by atoms with Crippen molar-refractivity contribution in [1.29, 1.82) is 5.26 Å². The quantitative estimate of drug-likeness (QED) is 0.321. The molecule has 0 bridgehead atoms. The van der Waals surface area contributed by atoms with Gasteiger partial charge in [-0.3, -0.25) is 4.79 Å². The molecule has 1 N–H and O–H groups in total. The lowest BCUT2D eigenvalue weighted by Gasteiger charge is -2.14. The number of fused-ring (bicyclic) bond motifs is 3. The zero-order valence-electron chi connectivity index (χ0n) is 14.7. The molecule has 0 unspecified atom stereocenters. The predicted octanol–water partition coefficient (Wildman–Crippen LogP) is 4.36. The van der Waals surface area contributed by atoms with Crippen LogP contribution in [0.4, 0.5) is 0 Å². The zero-order valence-corrected chi connectivity index (χ0v) is 15.5. The molecule has 0 aliphatic carbocycles. The number of hydrogen-bond donors (Lipinski definition) is 1. The van der Waals surface area contributed by atoms with Crippen molar-refractivity contribution < 1.29 is 5.21 Å². The van der Waals surface area contributed by atoms with Crippen LogP contribution >= 0.6 is 11.8 Å². The summed E-state index contributed by atoms with van der Waals surface area (Å²) in [4.78, 5) is 17.6. The van der Waals surface area contributed by atoms with Gasteiger partial charge >= 0.3 is 0 Å². The largest absolute Gasteiger partial charge is 0.425 e. The predicted molar refractivity (Wildman–Crippen MR) is 107 cm³/mol. The van der Waals surface area contributed by atoms with Crippen LogP contribution in [0.15, 0.2) is 58.4 Å². The molecule has 0 amide bonds. The van der Waals surface area contributed by atoms with Gasteiger partial charge in [0.2, 0.25) is 0 Å². The lowest BCUT2D eigenvalue weighted by Crippen LogP contribution is -2.20. The number of thioether (sulfide) groups is 1. The van der Waals surface area contributed by atoms with E-state index >= 15 is 0 Å². The number of aryl methyl sites for hydroxylation is 1. The smallest absolute Gasteiger partial charge is 0.293 e. The van der Waals surface area contributed by atoms with E-state index in [0.29, 0.717) is 37.3 Å². The Morgan fingerprint density at radius 2 is 1.81 bits per heavy atom. The molecule has 4 aromatic rings. The third-order valence-corrected chi connectivity index (χ3v) is 5.28. The lowest BCUT2D eigenvalue weighted by molar-refractivity contribution is 0.190. The van der Waals surface area contributed by atoms with Crippen LogP contribution in [0.3, 0.4) is 0 Å². The first kappa shape index (κ1) is 17.1. The topological polar surface area (TPSA) is 78.9 Å². The van der Waals surface area contributed by atoms with E-state index in [2.05, 4.69) is 11.1 Å². The molecule has 2 aromatic carbocycles. The molecule has 4 rings (SSSR count). The van der Waals surface area contributed by atoms with Gasteiger partial charge in [0.25, 0.3) is 5.56 Å². The highest BCUT2D eigenvalue weighted by molar-refractivity contribution is 7.98. The molecule has 0 radical (unpaired) electrons. The maximum atomic E-state index is 13.0. The Hall–Kier alpha value is -3.30. The fraction of sp³-hybridized carbons (Fsp3) is 0.0952. The van der Waals surface area contributed by atoms with Crippen LogP contribution in [0.2, 0.25) is 0 Å². The summed E-state index contributed by atoms with van der Waals surface area (Å²) in [5.74, 6) is 0. The molecule has 0 saturated carbocycles. The number of para-hydroxylation sites is 1. The third-order valence-electron chi connectivity index (χ3n) is 4.60. The summed E-state index contributed by atoms with van der Waals surface area (Å²) in [5.41, 5.74) is 2.44. The lowest BCUT2D eigenvalue weighted by atomic mass is 9.98. The van der Waals surface area contributed by atoms with Crippen molar-refractivity contribution in [3.05, 3.63) is 70.0 Å². The van der Waals surface area contributed by atoms with Gasteiger partial charge in [0.1, 0.15) is 11.1 Å². The third kappa shape index (κ3) is 2.56. The van der Waals surface area contributed by atoms with Gasteiger partial charge in [0.05, 0.1) is 22.2 Å². The summed E-state index contributed by atoms with van der Waals surface area (Å²) < 4.78 is 0.636. The van der Waals surface area contributed by atoms with Crippen molar-refractivity contribution in [2.75, 3.05) is 6.26 Å². The number of nitrogens with zero attached hydrogens (tertiary/aromatic N) is 3. The molecular weight excluding hydrogens is 358 g/mol. The highest BCUT2D eigenvalue weighted by Crippen LogP contribution is 2.35. The minimum absolute atomic E-state index is 0.245. The summed E-state index contributed by atoms with van der Waals surface area (Å²) in [6.07, 6.45) is 1.85. The number of aromatic nitrogens is 2. The summed E-state index contributed by atoms with van der Waals surface area (Å²) in [6.45, 7) is 1.98. The van der Waals surface area contributed by atoms with Crippen LogP contribution in [0.1, 0.15) is 11.1 Å². The fourth-order valence-electron chi connectivity index (χ4n) is 3.30. The van der Waals surface area contributed by atoms with Gasteiger partial charge in [-0.25, -0.2) is 4.98 Å². The first-order valence-corrected chi connectivity index (χ1v) is 9.51. The van der Waals surface area contributed by atoms with Crippen LogP contribution in [-0.4, -0.2) is 21.2 Å². The second kappa shape index (κ2) is 6.45. The average molecular weight is 373 g/mol. The van der Waals surface area contributed by atoms with E-state index in [0.717, 1.165) is 11.1 Å². The zero-order chi connectivity index (χ0) is 19.1. The SMILES string of the molecule is CSc1nc(-c2ccc(C)cc2)c2c(=O)n(O)c3ccccc3c2c1C#N. The first-order valence-electron chi connectivity index (χ1n) is 8.28. The van der Waals surface area contributed by atoms with Gasteiger partial charge in [-0.2, -0.15) is 5.26 Å². The molecule has 0 aliphatic heterocycles. The van der Waals surface area contributed by atoms with E-state index in [4.69, 9.17) is 0 Å². The highest BCUT2D eigenvalue weighted by atomic mass is 32.2. The van der Waals surface area contributed by atoms with Crippen molar-refractivity contribution in [2.24, 2.45) is 0 Å². The first-order chi connectivity index (χ1) is 13.1. The Bertz CT molecular complexity index is 1300.